The summed E-state index contributed by atoms with van der Waals surface area (Å²) in [7, 11) is 1.42. The van der Waals surface area contributed by atoms with Crippen LogP contribution in [0.25, 0.3) is 32.9 Å². The maximum absolute atomic E-state index is 13.7. The number of anilines is 1. The number of carbonyl (C=O) groups excluding carboxylic acids is 1. The third-order valence-electron chi connectivity index (χ3n) is 5.99. The van der Waals surface area contributed by atoms with Gasteiger partial charge >= 0.3 is 5.97 Å². The Hall–Kier alpha value is -3.48. The van der Waals surface area contributed by atoms with Crippen molar-refractivity contribution in [2.75, 3.05) is 25.1 Å². The number of ether oxygens (including phenoxy) is 1. The van der Waals surface area contributed by atoms with Gasteiger partial charge in [-0.05, 0) is 41.3 Å². The highest BCUT2D eigenvalue weighted by Crippen LogP contribution is 2.43. The SMILES string of the molecule is COC(=O)C1CN(c2nc3cc4[nH]ncc4cc3c(-c3ccc(F)cc3)c2C(C)C)C1. The normalized spacial score (nSPS) is 14.4. The Morgan fingerprint density at radius 1 is 1.23 bits per heavy atom. The van der Waals surface area contributed by atoms with Crippen molar-refractivity contribution < 1.29 is 13.9 Å². The van der Waals surface area contributed by atoms with E-state index in [2.05, 4.69) is 35.0 Å². The minimum absolute atomic E-state index is 0.146. The van der Waals surface area contributed by atoms with Gasteiger partial charge in [0.2, 0.25) is 0 Å². The van der Waals surface area contributed by atoms with Gasteiger partial charge in [-0.3, -0.25) is 9.89 Å². The summed E-state index contributed by atoms with van der Waals surface area (Å²) in [5.41, 5.74) is 4.80. The van der Waals surface area contributed by atoms with Gasteiger partial charge in [0.1, 0.15) is 11.6 Å². The number of aromatic nitrogens is 3. The molecule has 0 amide bonds. The van der Waals surface area contributed by atoms with E-state index in [0.717, 1.165) is 44.3 Å². The molecule has 1 saturated heterocycles. The largest absolute Gasteiger partial charge is 0.469 e. The number of nitrogens with one attached hydrogen (secondary N) is 1. The molecule has 0 unspecified atom stereocenters. The van der Waals surface area contributed by atoms with Crippen LogP contribution >= 0.6 is 0 Å². The second-order valence-electron chi connectivity index (χ2n) is 8.34. The standard InChI is InChI=1S/C24H23FN4O2/c1-13(2)21-22(14-4-6-17(25)7-5-14)18-8-15-10-26-28-19(15)9-20(18)27-23(21)29-11-16(12-29)24(30)31-3/h4-10,13,16H,11-12H2,1-3H3,(H,26,28). The summed E-state index contributed by atoms with van der Waals surface area (Å²) in [6.45, 7) is 5.40. The molecule has 0 aliphatic carbocycles. The molecule has 0 radical (unpaired) electrons. The van der Waals surface area contributed by atoms with Gasteiger partial charge in [-0.1, -0.05) is 26.0 Å². The van der Waals surface area contributed by atoms with Gasteiger partial charge in [0, 0.05) is 29.4 Å². The fourth-order valence-electron chi connectivity index (χ4n) is 4.39. The predicted octanol–water partition coefficient (Wildman–Crippen LogP) is 4.65. The summed E-state index contributed by atoms with van der Waals surface area (Å²) in [4.78, 5) is 19.1. The lowest BCUT2D eigenvalue weighted by Gasteiger charge is -2.40. The number of rotatable bonds is 4. The lowest BCUT2D eigenvalue weighted by atomic mass is 9.88. The van der Waals surface area contributed by atoms with Crippen molar-refractivity contribution in [3.8, 4) is 11.1 Å². The average molecular weight is 418 g/mol. The first-order chi connectivity index (χ1) is 15.0. The Bertz CT molecular complexity index is 1290. The van der Waals surface area contributed by atoms with Gasteiger partial charge in [-0.25, -0.2) is 9.37 Å². The zero-order valence-electron chi connectivity index (χ0n) is 17.6. The minimum Gasteiger partial charge on any atom is -0.469 e. The van der Waals surface area contributed by atoms with E-state index >= 15 is 0 Å². The number of hydrogen-bond acceptors (Lipinski definition) is 5. The molecule has 4 aromatic rings. The van der Waals surface area contributed by atoms with E-state index in [-0.39, 0.29) is 23.6 Å². The number of fused-ring (bicyclic) bond motifs is 2. The van der Waals surface area contributed by atoms with Crippen molar-refractivity contribution in [2.24, 2.45) is 5.92 Å². The molecule has 2 aromatic heterocycles. The lowest BCUT2D eigenvalue weighted by Crippen LogP contribution is -2.51. The summed E-state index contributed by atoms with van der Waals surface area (Å²) in [5, 5.41) is 9.16. The highest BCUT2D eigenvalue weighted by atomic mass is 19.1. The molecule has 0 spiro atoms. The second kappa shape index (κ2) is 7.34. The highest BCUT2D eigenvalue weighted by molar-refractivity contribution is 6.05. The molecule has 1 N–H and O–H groups in total. The Balaban J connectivity index is 1.76. The van der Waals surface area contributed by atoms with Crippen LogP contribution in [0, 0.1) is 11.7 Å². The van der Waals surface area contributed by atoms with E-state index in [1.165, 1.54) is 19.2 Å². The highest BCUT2D eigenvalue weighted by Gasteiger charge is 2.36. The van der Waals surface area contributed by atoms with Crippen molar-refractivity contribution in [3.63, 3.8) is 0 Å². The molecule has 1 fully saturated rings. The Kier molecular flexibility index (Phi) is 4.61. The number of aromatic amines is 1. The molecule has 158 valence electrons. The van der Waals surface area contributed by atoms with Crippen LogP contribution in [0.5, 0.6) is 0 Å². The van der Waals surface area contributed by atoms with Crippen LogP contribution < -0.4 is 4.90 Å². The van der Waals surface area contributed by atoms with E-state index in [1.807, 2.05) is 18.2 Å². The fraction of sp³-hybridized carbons (Fsp3) is 0.292. The number of H-pyrrole nitrogens is 1. The Labute approximate surface area is 179 Å². The molecule has 1 aliphatic heterocycles. The third-order valence-corrected chi connectivity index (χ3v) is 5.99. The number of esters is 1. The van der Waals surface area contributed by atoms with E-state index in [9.17, 15) is 9.18 Å². The number of benzene rings is 2. The first kappa shape index (κ1) is 19.5. The zero-order valence-corrected chi connectivity index (χ0v) is 17.6. The van der Waals surface area contributed by atoms with Gasteiger partial charge in [0.25, 0.3) is 0 Å². The van der Waals surface area contributed by atoms with Crippen LogP contribution in [0.15, 0.2) is 42.6 Å². The molecule has 3 heterocycles. The van der Waals surface area contributed by atoms with Gasteiger partial charge < -0.3 is 9.64 Å². The van der Waals surface area contributed by atoms with Crippen LogP contribution in [0.4, 0.5) is 10.2 Å². The summed E-state index contributed by atoms with van der Waals surface area (Å²) < 4.78 is 18.6. The Morgan fingerprint density at radius 2 is 1.97 bits per heavy atom. The topological polar surface area (TPSA) is 71.1 Å². The van der Waals surface area contributed by atoms with E-state index in [0.29, 0.717) is 13.1 Å². The third kappa shape index (κ3) is 3.21. The van der Waals surface area contributed by atoms with Crippen LogP contribution in [-0.4, -0.2) is 41.3 Å². The van der Waals surface area contributed by atoms with Crippen molar-refractivity contribution in [1.29, 1.82) is 0 Å². The summed E-state index contributed by atoms with van der Waals surface area (Å²) in [5.74, 6) is 0.423. The van der Waals surface area contributed by atoms with E-state index in [4.69, 9.17) is 9.72 Å². The number of methoxy groups -OCH3 is 1. The molecule has 1 aliphatic rings. The van der Waals surface area contributed by atoms with Crippen molar-refractivity contribution >= 4 is 33.6 Å². The van der Waals surface area contributed by atoms with Gasteiger partial charge in [-0.15, -0.1) is 0 Å². The van der Waals surface area contributed by atoms with Crippen LogP contribution in [-0.2, 0) is 9.53 Å². The van der Waals surface area contributed by atoms with Crippen LogP contribution in [0.3, 0.4) is 0 Å². The fourth-order valence-corrected chi connectivity index (χ4v) is 4.39. The maximum Gasteiger partial charge on any atom is 0.312 e. The number of pyridine rings is 1. The number of halogens is 1. The van der Waals surface area contributed by atoms with E-state index < -0.39 is 0 Å². The number of hydrogen-bond donors (Lipinski definition) is 1. The molecule has 7 heteroatoms. The zero-order chi connectivity index (χ0) is 21.7. The van der Waals surface area contributed by atoms with Gasteiger partial charge in [0.15, 0.2) is 0 Å². The molecule has 0 saturated carbocycles. The molecular weight excluding hydrogens is 395 g/mol. The smallest absolute Gasteiger partial charge is 0.312 e. The molecule has 2 aromatic carbocycles. The number of carbonyl (C=O) groups is 1. The second-order valence-corrected chi connectivity index (χ2v) is 8.34. The first-order valence-corrected chi connectivity index (χ1v) is 10.4. The van der Waals surface area contributed by atoms with E-state index in [1.54, 1.807) is 6.20 Å². The molecular formula is C24H23FN4O2. The average Bonchev–Trinajstić information content (AvgIpc) is 3.17. The Morgan fingerprint density at radius 3 is 2.65 bits per heavy atom. The molecule has 0 atom stereocenters. The van der Waals surface area contributed by atoms with Crippen molar-refractivity contribution in [3.05, 3.63) is 54.0 Å². The molecule has 5 rings (SSSR count). The molecule has 0 bridgehead atoms. The monoisotopic (exact) mass is 418 g/mol. The van der Waals surface area contributed by atoms with Crippen molar-refractivity contribution in [1.82, 2.24) is 15.2 Å². The summed E-state index contributed by atoms with van der Waals surface area (Å²) >= 11 is 0. The molecule has 6 nitrogen and oxygen atoms in total. The van der Waals surface area contributed by atoms with Gasteiger partial charge in [0.05, 0.1) is 30.3 Å². The predicted molar refractivity (Wildman–Crippen MR) is 119 cm³/mol. The quantitative estimate of drug-likeness (QED) is 0.489. The first-order valence-electron chi connectivity index (χ1n) is 10.4. The molecule has 31 heavy (non-hydrogen) atoms. The lowest BCUT2D eigenvalue weighted by molar-refractivity contribution is -0.146. The van der Waals surface area contributed by atoms with Gasteiger partial charge in [-0.2, -0.15) is 5.10 Å². The summed E-state index contributed by atoms with van der Waals surface area (Å²) in [6.07, 6.45) is 1.79. The number of nitrogens with zero attached hydrogens (tertiary/aromatic N) is 3. The summed E-state index contributed by atoms with van der Waals surface area (Å²) in [6, 6.07) is 10.7. The maximum atomic E-state index is 13.7. The van der Waals surface area contributed by atoms with Crippen LogP contribution in [0.2, 0.25) is 0 Å². The minimum atomic E-state index is -0.269. The van der Waals surface area contributed by atoms with Crippen LogP contribution in [0.1, 0.15) is 25.3 Å². The van der Waals surface area contributed by atoms with Crippen molar-refractivity contribution in [2.45, 2.75) is 19.8 Å².